The highest BCUT2D eigenvalue weighted by Gasteiger charge is 2.33. The first-order chi connectivity index (χ1) is 16.0. The summed E-state index contributed by atoms with van der Waals surface area (Å²) in [5, 5.41) is 3.63. The van der Waals surface area contributed by atoms with Gasteiger partial charge in [0.2, 0.25) is 0 Å². The number of nitrogens with zero attached hydrogens (tertiary/aromatic N) is 1. The normalized spacial score (nSPS) is 17.0. The molecule has 1 aliphatic rings. The lowest BCUT2D eigenvalue weighted by Crippen LogP contribution is -2.26. The molecule has 3 aromatic carbocycles. The van der Waals surface area contributed by atoms with Gasteiger partial charge in [0.1, 0.15) is 23.4 Å². The zero-order chi connectivity index (χ0) is 23.4. The second kappa shape index (κ2) is 9.55. The Morgan fingerprint density at radius 1 is 0.879 bits per heavy atom. The third-order valence-corrected chi connectivity index (χ3v) is 5.54. The molecule has 0 saturated carbocycles. The van der Waals surface area contributed by atoms with Crippen LogP contribution in [0.1, 0.15) is 53.7 Å². The molecular formula is C29H26N2O2. The maximum atomic E-state index is 6.10. The van der Waals surface area contributed by atoms with Crippen LogP contribution in [0.5, 0.6) is 11.5 Å². The molecule has 4 nitrogen and oxygen atoms in total. The van der Waals surface area contributed by atoms with Gasteiger partial charge in [0.15, 0.2) is 0 Å². The van der Waals surface area contributed by atoms with Gasteiger partial charge in [-0.05, 0) is 61.4 Å². The minimum atomic E-state index is -0.141. The third kappa shape index (κ3) is 4.71. The van der Waals surface area contributed by atoms with Gasteiger partial charge in [-0.2, -0.15) is 0 Å². The molecule has 1 N–H and O–H groups in total. The maximum absolute atomic E-state index is 6.10. The van der Waals surface area contributed by atoms with E-state index in [4.69, 9.17) is 27.3 Å². The molecular weight excluding hydrogens is 408 g/mol. The van der Waals surface area contributed by atoms with E-state index in [1.54, 1.807) is 7.11 Å². The minimum absolute atomic E-state index is 0.0112. The predicted molar refractivity (Wildman–Crippen MR) is 133 cm³/mol. The number of rotatable bonds is 6. The fraction of sp³-hybridized carbons (Fsp3) is 0.207. The quantitative estimate of drug-likeness (QED) is 0.537. The van der Waals surface area contributed by atoms with Crippen molar-refractivity contribution in [3.63, 3.8) is 0 Å². The van der Waals surface area contributed by atoms with E-state index in [0.29, 0.717) is 0 Å². The van der Waals surface area contributed by atoms with Gasteiger partial charge < -0.3 is 14.8 Å². The number of benzene rings is 3. The Balaban J connectivity index is 1.78. The maximum Gasteiger partial charge on any atom is 0.134 e. The van der Waals surface area contributed by atoms with Crippen LogP contribution in [0.2, 0.25) is 0 Å². The van der Waals surface area contributed by atoms with Crippen molar-refractivity contribution in [2.45, 2.75) is 32.0 Å². The standard InChI is InChI=1S/C29H26N2O2/c1-6-20-8-12-22(13-9-20)27-28(23-14-10-21(7-2)11-15-23)31-29(30-27)25-17-16-24(32-5)18-26(25)33-19(3)4/h1-2,8-19,27-28H,3-5H3,(H,30,31)/t27-,28+. The van der Waals surface area contributed by atoms with E-state index in [-0.39, 0.29) is 18.2 Å². The average Bonchev–Trinajstić information content (AvgIpc) is 3.29. The summed E-state index contributed by atoms with van der Waals surface area (Å²) in [7, 11) is 1.64. The van der Waals surface area contributed by atoms with Crippen LogP contribution in [0, 0.1) is 24.7 Å². The van der Waals surface area contributed by atoms with Gasteiger partial charge in [0, 0.05) is 17.2 Å². The molecule has 0 spiro atoms. The number of amidine groups is 1. The summed E-state index contributed by atoms with van der Waals surface area (Å²) in [6, 6.07) is 21.5. The fourth-order valence-corrected chi connectivity index (χ4v) is 3.90. The van der Waals surface area contributed by atoms with Gasteiger partial charge in [-0.1, -0.05) is 36.1 Å². The molecule has 0 aliphatic carbocycles. The second-order valence-corrected chi connectivity index (χ2v) is 8.11. The Kier molecular flexibility index (Phi) is 6.38. The van der Waals surface area contributed by atoms with Crippen molar-refractivity contribution in [3.05, 3.63) is 94.5 Å². The van der Waals surface area contributed by atoms with Crippen LogP contribution < -0.4 is 14.8 Å². The predicted octanol–water partition coefficient (Wildman–Crippen LogP) is 5.28. The van der Waals surface area contributed by atoms with Crippen LogP contribution in [0.3, 0.4) is 0 Å². The van der Waals surface area contributed by atoms with Crippen LogP contribution in [0.4, 0.5) is 0 Å². The average molecular weight is 435 g/mol. The van der Waals surface area contributed by atoms with Gasteiger partial charge in [-0.25, -0.2) is 0 Å². The summed E-state index contributed by atoms with van der Waals surface area (Å²) in [6.45, 7) is 4.00. The first-order valence-electron chi connectivity index (χ1n) is 10.8. The van der Waals surface area contributed by atoms with Gasteiger partial charge in [-0.15, -0.1) is 12.8 Å². The van der Waals surface area contributed by atoms with Crippen molar-refractivity contribution in [2.75, 3.05) is 7.11 Å². The van der Waals surface area contributed by atoms with Crippen molar-refractivity contribution in [2.24, 2.45) is 4.99 Å². The lowest BCUT2D eigenvalue weighted by molar-refractivity contribution is 0.240. The molecule has 0 aromatic heterocycles. The Morgan fingerprint density at radius 3 is 2.03 bits per heavy atom. The summed E-state index contributed by atoms with van der Waals surface area (Å²) in [5.41, 5.74) is 4.74. The highest BCUT2D eigenvalue weighted by molar-refractivity contribution is 6.03. The number of ether oxygens (including phenoxy) is 2. The lowest BCUT2D eigenvalue weighted by Gasteiger charge is -2.20. The van der Waals surface area contributed by atoms with Gasteiger partial charge >= 0.3 is 0 Å². The SMILES string of the molecule is C#Cc1ccc([C@H]2N=C(c3ccc(OC)cc3OC(C)C)N[C@H]2c2ccc(C#C)cc2)cc1. The largest absolute Gasteiger partial charge is 0.497 e. The molecule has 4 heteroatoms. The summed E-state index contributed by atoms with van der Waals surface area (Å²) in [6.07, 6.45) is 11.1. The fourth-order valence-electron chi connectivity index (χ4n) is 3.90. The smallest absolute Gasteiger partial charge is 0.134 e. The molecule has 33 heavy (non-hydrogen) atoms. The molecule has 4 rings (SSSR count). The first-order valence-corrected chi connectivity index (χ1v) is 10.8. The van der Waals surface area contributed by atoms with E-state index in [0.717, 1.165) is 45.2 Å². The number of methoxy groups -OCH3 is 1. The van der Waals surface area contributed by atoms with Gasteiger partial charge in [0.25, 0.3) is 0 Å². The van der Waals surface area contributed by atoms with Crippen molar-refractivity contribution in [1.29, 1.82) is 0 Å². The molecule has 0 amide bonds. The molecule has 2 atom stereocenters. The molecule has 0 saturated heterocycles. The molecule has 0 unspecified atom stereocenters. The van der Waals surface area contributed by atoms with Crippen LogP contribution in [-0.4, -0.2) is 19.0 Å². The van der Waals surface area contributed by atoms with Crippen LogP contribution in [0.25, 0.3) is 0 Å². The van der Waals surface area contributed by atoms with E-state index in [1.165, 1.54) is 0 Å². The number of nitrogens with one attached hydrogen (secondary N) is 1. The number of terminal acetylenes is 2. The van der Waals surface area contributed by atoms with E-state index in [9.17, 15) is 0 Å². The Bertz CT molecular complexity index is 1240. The van der Waals surface area contributed by atoms with E-state index in [1.807, 2.05) is 80.6 Å². The zero-order valence-corrected chi connectivity index (χ0v) is 19.0. The topological polar surface area (TPSA) is 42.9 Å². The summed E-state index contributed by atoms with van der Waals surface area (Å²) in [4.78, 5) is 5.10. The Hall–Kier alpha value is -4.15. The Morgan fingerprint density at radius 2 is 1.48 bits per heavy atom. The summed E-state index contributed by atoms with van der Waals surface area (Å²) in [5.74, 6) is 7.57. The van der Waals surface area contributed by atoms with Crippen molar-refractivity contribution < 1.29 is 9.47 Å². The highest BCUT2D eigenvalue weighted by Crippen LogP contribution is 2.39. The van der Waals surface area contributed by atoms with Crippen LogP contribution >= 0.6 is 0 Å². The molecule has 1 heterocycles. The lowest BCUT2D eigenvalue weighted by atomic mass is 9.93. The third-order valence-electron chi connectivity index (χ3n) is 5.54. The number of hydrogen-bond acceptors (Lipinski definition) is 4. The summed E-state index contributed by atoms with van der Waals surface area (Å²) >= 11 is 0. The van der Waals surface area contributed by atoms with Crippen LogP contribution in [-0.2, 0) is 0 Å². The van der Waals surface area contributed by atoms with Gasteiger partial charge in [0.05, 0.1) is 24.8 Å². The summed E-state index contributed by atoms with van der Waals surface area (Å²) < 4.78 is 11.5. The van der Waals surface area contributed by atoms with Crippen molar-refractivity contribution >= 4 is 5.84 Å². The molecule has 0 radical (unpaired) electrons. The number of aliphatic imine (C=N–C) groups is 1. The zero-order valence-electron chi connectivity index (χ0n) is 19.0. The minimum Gasteiger partial charge on any atom is -0.497 e. The van der Waals surface area contributed by atoms with Crippen molar-refractivity contribution in [3.8, 4) is 36.2 Å². The van der Waals surface area contributed by atoms with Crippen molar-refractivity contribution in [1.82, 2.24) is 5.32 Å². The van der Waals surface area contributed by atoms with E-state index < -0.39 is 0 Å². The molecule has 0 fully saturated rings. The van der Waals surface area contributed by atoms with E-state index in [2.05, 4.69) is 17.2 Å². The second-order valence-electron chi connectivity index (χ2n) is 8.11. The van der Waals surface area contributed by atoms with E-state index >= 15 is 0 Å². The molecule has 3 aromatic rings. The molecule has 0 bridgehead atoms. The molecule has 1 aliphatic heterocycles. The van der Waals surface area contributed by atoms with Gasteiger partial charge in [-0.3, -0.25) is 4.99 Å². The monoisotopic (exact) mass is 434 g/mol. The van der Waals surface area contributed by atoms with Crippen LogP contribution in [0.15, 0.2) is 71.7 Å². The number of hydrogen-bond donors (Lipinski definition) is 1. The molecule has 164 valence electrons. The first kappa shape index (κ1) is 22.1. The highest BCUT2D eigenvalue weighted by atomic mass is 16.5. The Labute approximate surface area is 195 Å².